The number of rotatable bonds is 3. The third-order valence-corrected chi connectivity index (χ3v) is 3.45. The van der Waals surface area contributed by atoms with Crippen molar-refractivity contribution in [2.75, 3.05) is 0 Å². The Hall–Kier alpha value is -1.81. The summed E-state index contributed by atoms with van der Waals surface area (Å²) >= 11 is 0. The quantitative estimate of drug-likeness (QED) is 0.564. The van der Waals surface area contributed by atoms with Crippen molar-refractivity contribution in [3.63, 3.8) is 0 Å². The molecule has 0 unspecified atom stereocenters. The highest BCUT2D eigenvalue weighted by atomic mass is 14.3. The lowest BCUT2D eigenvalue weighted by Crippen LogP contribution is -1.98. The summed E-state index contributed by atoms with van der Waals surface area (Å²) in [6, 6.07) is 6.62. The Morgan fingerprint density at radius 3 is 2.88 bits per heavy atom. The fraction of sp³-hybridized carbons (Fsp3) is 0.312. The van der Waals surface area contributed by atoms with Gasteiger partial charge in [-0.1, -0.05) is 25.1 Å². The first-order valence-electron chi connectivity index (χ1n) is 6.15. The molecule has 0 N–H and O–H groups in total. The molecule has 1 heteroatoms. The van der Waals surface area contributed by atoms with E-state index in [0.717, 1.165) is 25.7 Å². The molecule has 0 radical (unpaired) electrons. The van der Waals surface area contributed by atoms with Gasteiger partial charge in [-0.05, 0) is 53.5 Å². The van der Waals surface area contributed by atoms with Gasteiger partial charge < -0.3 is 0 Å². The second-order valence-corrected chi connectivity index (χ2v) is 4.38. The molecule has 0 spiro atoms. The van der Waals surface area contributed by atoms with Crippen molar-refractivity contribution in [1.29, 1.82) is 5.26 Å². The molecule has 0 aliphatic heterocycles. The summed E-state index contributed by atoms with van der Waals surface area (Å²) in [5.41, 5.74) is 6.68. The van der Waals surface area contributed by atoms with Crippen molar-refractivity contribution >= 4 is 5.57 Å². The lowest BCUT2D eigenvalue weighted by molar-refractivity contribution is 1.05. The van der Waals surface area contributed by atoms with E-state index in [1.807, 2.05) is 6.08 Å². The van der Waals surface area contributed by atoms with Crippen LogP contribution >= 0.6 is 0 Å². The summed E-state index contributed by atoms with van der Waals surface area (Å²) in [5, 5.41) is 8.85. The number of fused-ring (bicyclic) bond motifs is 1. The predicted octanol–water partition coefficient (Wildman–Crippen LogP) is 3.83. The zero-order valence-corrected chi connectivity index (χ0v) is 10.3. The summed E-state index contributed by atoms with van der Waals surface area (Å²) in [7, 11) is 0. The lowest BCUT2D eigenvalue weighted by atomic mass is 9.92. The van der Waals surface area contributed by atoms with Crippen LogP contribution in [0.15, 0.2) is 30.9 Å². The van der Waals surface area contributed by atoms with E-state index >= 15 is 0 Å². The standard InChI is InChI=1S/C16H17N/c1-3-5-15-12(4-2)6-7-13-8-9-14(10-11-17)16(13)15/h3,6-7,10H,1,4-5,8-9H2,2H3. The molecule has 1 aromatic rings. The molecule has 0 fully saturated rings. The molecule has 0 saturated heterocycles. The first kappa shape index (κ1) is 11.7. The van der Waals surface area contributed by atoms with Crippen LogP contribution in [0.25, 0.3) is 5.57 Å². The number of nitrogens with zero attached hydrogens (tertiary/aromatic N) is 1. The number of nitriles is 1. The number of aryl methyl sites for hydroxylation is 2. The van der Waals surface area contributed by atoms with E-state index in [4.69, 9.17) is 5.26 Å². The first-order chi connectivity index (χ1) is 8.31. The molecule has 0 atom stereocenters. The van der Waals surface area contributed by atoms with Gasteiger partial charge in [0, 0.05) is 6.08 Å². The predicted molar refractivity (Wildman–Crippen MR) is 71.6 cm³/mol. The Morgan fingerprint density at radius 2 is 2.24 bits per heavy atom. The Morgan fingerprint density at radius 1 is 1.41 bits per heavy atom. The highest BCUT2D eigenvalue weighted by Crippen LogP contribution is 2.36. The van der Waals surface area contributed by atoms with E-state index in [2.05, 4.69) is 31.7 Å². The highest BCUT2D eigenvalue weighted by molar-refractivity contribution is 5.77. The molecule has 86 valence electrons. The number of allylic oxidation sites excluding steroid dienone is 3. The molecule has 2 rings (SSSR count). The number of hydrogen-bond donors (Lipinski definition) is 0. The fourth-order valence-corrected chi connectivity index (χ4v) is 2.67. The molecule has 1 aliphatic rings. The van der Waals surface area contributed by atoms with Gasteiger partial charge in [0.05, 0.1) is 6.07 Å². The minimum atomic E-state index is 0.898. The van der Waals surface area contributed by atoms with Gasteiger partial charge in [0.25, 0.3) is 0 Å². The van der Waals surface area contributed by atoms with Crippen molar-refractivity contribution in [1.82, 2.24) is 0 Å². The number of benzene rings is 1. The minimum Gasteiger partial charge on any atom is -0.193 e. The van der Waals surface area contributed by atoms with Crippen LogP contribution in [-0.2, 0) is 19.3 Å². The second kappa shape index (κ2) is 5.01. The van der Waals surface area contributed by atoms with Crippen LogP contribution in [0, 0.1) is 11.3 Å². The van der Waals surface area contributed by atoms with E-state index in [0.29, 0.717) is 0 Å². The summed E-state index contributed by atoms with van der Waals surface area (Å²) in [5.74, 6) is 0. The molecule has 0 amide bonds. The maximum absolute atomic E-state index is 8.85. The zero-order chi connectivity index (χ0) is 12.3. The Labute approximate surface area is 103 Å². The maximum Gasteiger partial charge on any atom is 0.0915 e. The van der Waals surface area contributed by atoms with Gasteiger partial charge in [0.2, 0.25) is 0 Å². The van der Waals surface area contributed by atoms with E-state index in [9.17, 15) is 0 Å². The minimum absolute atomic E-state index is 0.898. The molecule has 0 bridgehead atoms. The van der Waals surface area contributed by atoms with E-state index < -0.39 is 0 Å². The van der Waals surface area contributed by atoms with Crippen LogP contribution in [0.5, 0.6) is 0 Å². The van der Waals surface area contributed by atoms with Crippen LogP contribution in [0.3, 0.4) is 0 Å². The summed E-state index contributed by atoms with van der Waals surface area (Å²) in [6.45, 7) is 6.02. The average molecular weight is 223 g/mol. The van der Waals surface area contributed by atoms with Crippen LogP contribution in [-0.4, -0.2) is 0 Å². The van der Waals surface area contributed by atoms with Gasteiger partial charge in [-0.25, -0.2) is 0 Å². The normalized spacial score (nSPS) is 15.6. The highest BCUT2D eigenvalue weighted by Gasteiger charge is 2.20. The molecule has 0 aromatic heterocycles. The van der Waals surface area contributed by atoms with Gasteiger partial charge >= 0.3 is 0 Å². The monoisotopic (exact) mass is 223 g/mol. The smallest absolute Gasteiger partial charge is 0.0915 e. The van der Waals surface area contributed by atoms with Crippen molar-refractivity contribution < 1.29 is 0 Å². The third-order valence-electron chi connectivity index (χ3n) is 3.45. The first-order valence-corrected chi connectivity index (χ1v) is 6.15. The molecule has 0 saturated carbocycles. The number of hydrogen-bond acceptors (Lipinski definition) is 1. The van der Waals surface area contributed by atoms with Gasteiger partial charge in [-0.3, -0.25) is 0 Å². The van der Waals surface area contributed by atoms with Crippen LogP contribution < -0.4 is 0 Å². The fourth-order valence-electron chi connectivity index (χ4n) is 2.67. The van der Waals surface area contributed by atoms with Crippen LogP contribution in [0.4, 0.5) is 0 Å². The zero-order valence-electron chi connectivity index (χ0n) is 10.3. The van der Waals surface area contributed by atoms with Gasteiger partial charge in [0.15, 0.2) is 0 Å². The Balaban J connectivity index is 2.62. The van der Waals surface area contributed by atoms with Gasteiger partial charge in [-0.15, -0.1) is 6.58 Å². The summed E-state index contributed by atoms with van der Waals surface area (Å²) in [6.07, 6.45) is 7.66. The van der Waals surface area contributed by atoms with E-state index in [-0.39, 0.29) is 0 Å². The Bertz CT molecular complexity index is 515. The largest absolute Gasteiger partial charge is 0.193 e. The van der Waals surface area contributed by atoms with Crippen molar-refractivity contribution in [2.24, 2.45) is 0 Å². The van der Waals surface area contributed by atoms with E-state index in [1.54, 1.807) is 6.08 Å². The topological polar surface area (TPSA) is 23.8 Å². The van der Waals surface area contributed by atoms with E-state index in [1.165, 1.54) is 27.8 Å². The van der Waals surface area contributed by atoms with Crippen molar-refractivity contribution in [3.8, 4) is 6.07 Å². The molecule has 1 aromatic carbocycles. The molecular weight excluding hydrogens is 206 g/mol. The molecule has 1 nitrogen and oxygen atoms in total. The summed E-state index contributed by atoms with van der Waals surface area (Å²) < 4.78 is 0. The molecule has 17 heavy (non-hydrogen) atoms. The van der Waals surface area contributed by atoms with Gasteiger partial charge in [0.1, 0.15) is 0 Å². The maximum atomic E-state index is 8.85. The van der Waals surface area contributed by atoms with Gasteiger partial charge in [-0.2, -0.15) is 5.26 Å². The third kappa shape index (κ3) is 2.03. The summed E-state index contributed by atoms with van der Waals surface area (Å²) in [4.78, 5) is 0. The Kier molecular flexibility index (Phi) is 3.44. The van der Waals surface area contributed by atoms with Crippen LogP contribution in [0.2, 0.25) is 0 Å². The lowest BCUT2D eigenvalue weighted by Gasteiger charge is -2.13. The SMILES string of the molecule is C=CCc1c(CC)ccc2c1C(=CC#N)CC2. The molecular formula is C16H17N. The van der Waals surface area contributed by atoms with Crippen molar-refractivity contribution in [3.05, 3.63) is 53.1 Å². The second-order valence-electron chi connectivity index (χ2n) is 4.38. The molecule has 0 heterocycles. The van der Waals surface area contributed by atoms with Crippen LogP contribution in [0.1, 0.15) is 35.6 Å². The van der Waals surface area contributed by atoms with Crippen molar-refractivity contribution in [2.45, 2.75) is 32.6 Å². The molecule has 1 aliphatic carbocycles. The average Bonchev–Trinajstić information content (AvgIpc) is 2.74.